The van der Waals surface area contributed by atoms with Gasteiger partial charge in [0.05, 0.1) is 11.1 Å². The number of halogens is 7. The van der Waals surface area contributed by atoms with E-state index in [0.29, 0.717) is 11.1 Å². The Morgan fingerprint density at radius 1 is 0.593 bits per heavy atom. The number of hydrogen-bond acceptors (Lipinski definition) is 1. The van der Waals surface area contributed by atoms with E-state index in [1.54, 1.807) is 0 Å². The standard InChI is InChI=1S/C19H10F7N/c20-17-9-15(11-1-5-13(6-2-11)18(21,22)23)16(10-27-17)12-3-7-14(8-4-12)19(24,25)26/h1-10H. The SMILES string of the molecule is Fc1cc(-c2ccc(C(F)(F)F)cc2)c(-c2ccc(C(F)(F)F)cc2)cn1. The van der Waals surface area contributed by atoms with Gasteiger partial charge in [0.15, 0.2) is 0 Å². The van der Waals surface area contributed by atoms with Crippen molar-refractivity contribution in [2.24, 2.45) is 0 Å². The average molecular weight is 385 g/mol. The van der Waals surface area contributed by atoms with Crippen molar-refractivity contribution in [3.8, 4) is 22.3 Å². The summed E-state index contributed by atoms with van der Waals surface area (Å²) in [6.45, 7) is 0. The van der Waals surface area contributed by atoms with E-state index < -0.39 is 29.4 Å². The molecule has 140 valence electrons. The summed E-state index contributed by atoms with van der Waals surface area (Å²) in [4.78, 5) is 3.50. The van der Waals surface area contributed by atoms with E-state index in [-0.39, 0.29) is 11.1 Å². The Bertz CT molecular complexity index is 940. The van der Waals surface area contributed by atoms with Crippen LogP contribution in [-0.4, -0.2) is 4.98 Å². The fraction of sp³-hybridized carbons (Fsp3) is 0.105. The smallest absolute Gasteiger partial charge is 0.228 e. The quantitative estimate of drug-likeness (QED) is 0.358. The van der Waals surface area contributed by atoms with Crippen molar-refractivity contribution in [3.05, 3.63) is 77.9 Å². The van der Waals surface area contributed by atoms with Crippen LogP contribution in [0.15, 0.2) is 60.8 Å². The van der Waals surface area contributed by atoms with Gasteiger partial charge in [-0.2, -0.15) is 30.7 Å². The van der Waals surface area contributed by atoms with Crippen molar-refractivity contribution in [3.63, 3.8) is 0 Å². The summed E-state index contributed by atoms with van der Waals surface area (Å²) < 4.78 is 89.8. The molecule has 1 aromatic heterocycles. The molecule has 2 aromatic carbocycles. The number of pyridine rings is 1. The van der Waals surface area contributed by atoms with Crippen LogP contribution in [-0.2, 0) is 12.4 Å². The normalized spacial score (nSPS) is 12.3. The molecule has 8 heteroatoms. The maximum absolute atomic E-state index is 13.6. The maximum Gasteiger partial charge on any atom is 0.416 e. The highest BCUT2D eigenvalue weighted by Crippen LogP contribution is 2.36. The Morgan fingerprint density at radius 3 is 1.41 bits per heavy atom. The molecule has 0 spiro atoms. The van der Waals surface area contributed by atoms with Crippen molar-refractivity contribution in [1.82, 2.24) is 4.98 Å². The van der Waals surface area contributed by atoms with Crippen molar-refractivity contribution in [1.29, 1.82) is 0 Å². The lowest BCUT2D eigenvalue weighted by Crippen LogP contribution is -2.04. The lowest BCUT2D eigenvalue weighted by atomic mass is 9.95. The molecule has 0 saturated carbocycles. The van der Waals surface area contributed by atoms with E-state index in [9.17, 15) is 30.7 Å². The summed E-state index contributed by atoms with van der Waals surface area (Å²) in [6.07, 6.45) is -7.89. The molecule has 3 rings (SSSR count). The second kappa shape index (κ2) is 6.68. The van der Waals surface area contributed by atoms with Gasteiger partial charge >= 0.3 is 12.4 Å². The van der Waals surface area contributed by atoms with Gasteiger partial charge in [0.2, 0.25) is 5.95 Å². The van der Waals surface area contributed by atoms with Crippen LogP contribution in [0.3, 0.4) is 0 Å². The number of hydrogen-bond donors (Lipinski definition) is 0. The minimum atomic E-state index is -4.52. The van der Waals surface area contributed by atoms with E-state index in [4.69, 9.17) is 0 Å². The number of benzene rings is 2. The predicted molar refractivity (Wildman–Crippen MR) is 85.1 cm³/mol. The summed E-state index contributed by atoms with van der Waals surface area (Å²) in [5.41, 5.74) is -0.597. The zero-order chi connectivity index (χ0) is 19.8. The highest BCUT2D eigenvalue weighted by molar-refractivity contribution is 5.82. The highest BCUT2D eigenvalue weighted by Gasteiger charge is 2.31. The highest BCUT2D eigenvalue weighted by atomic mass is 19.4. The number of rotatable bonds is 2. The third kappa shape index (κ3) is 4.10. The number of aromatic nitrogens is 1. The zero-order valence-electron chi connectivity index (χ0n) is 13.4. The van der Waals surface area contributed by atoms with Crippen molar-refractivity contribution < 1.29 is 30.7 Å². The van der Waals surface area contributed by atoms with E-state index in [1.807, 2.05) is 0 Å². The first-order valence-corrected chi connectivity index (χ1v) is 7.56. The average Bonchev–Trinajstić information content (AvgIpc) is 2.60. The van der Waals surface area contributed by atoms with Gasteiger partial charge in [-0.05, 0) is 41.0 Å². The van der Waals surface area contributed by atoms with Gasteiger partial charge in [0.1, 0.15) is 0 Å². The first-order chi connectivity index (χ1) is 12.6. The van der Waals surface area contributed by atoms with Crippen LogP contribution in [0, 0.1) is 5.95 Å². The molecule has 0 unspecified atom stereocenters. The fourth-order valence-electron chi connectivity index (χ4n) is 2.58. The molecule has 0 bridgehead atoms. The predicted octanol–water partition coefficient (Wildman–Crippen LogP) is 6.59. The Balaban J connectivity index is 2.06. The van der Waals surface area contributed by atoms with E-state index >= 15 is 0 Å². The van der Waals surface area contributed by atoms with Gasteiger partial charge < -0.3 is 0 Å². The van der Waals surface area contributed by atoms with Crippen molar-refractivity contribution in [2.75, 3.05) is 0 Å². The molecule has 0 amide bonds. The van der Waals surface area contributed by atoms with E-state index in [1.165, 1.54) is 24.3 Å². The van der Waals surface area contributed by atoms with Gasteiger partial charge in [-0.15, -0.1) is 0 Å². The lowest BCUT2D eigenvalue weighted by Gasteiger charge is -2.13. The maximum atomic E-state index is 13.6. The van der Waals surface area contributed by atoms with Gasteiger partial charge in [-0.25, -0.2) is 4.98 Å². The molecule has 0 aliphatic carbocycles. The molecule has 0 aliphatic rings. The molecule has 0 fully saturated rings. The summed E-state index contributed by atoms with van der Waals surface area (Å²) in [5, 5.41) is 0. The Hall–Kier alpha value is -2.90. The Morgan fingerprint density at radius 2 is 1.00 bits per heavy atom. The van der Waals surface area contributed by atoms with Gasteiger partial charge in [-0.3, -0.25) is 0 Å². The van der Waals surface area contributed by atoms with Crippen LogP contribution in [0.25, 0.3) is 22.3 Å². The minimum absolute atomic E-state index is 0.219. The second-order valence-electron chi connectivity index (χ2n) is 5.70. The van der Waals surface area contributed by atoms with Crippen LogP contribution in [0.1, 0.15) is 11.1 Å². The van der Waals surface area contributed by atoms with Crippen LogP contribution in [0.4, 0.5) is 30.7 Å². The number of nitrogens with zero attached hydrogens (tertiary/aromatic N) is 1. The molecule has 0 atom stereocenters. The molecule has 1 nitrogen and oxygen atoms in total. The minimum Gasteiger partial charge on any atom is -0.228 e. The zero-order valence-corrected chi connectivity index (χ0v) is 13.4. The van der Waals surface area contributed by atoms with E-state index in [2.05, 4.69) is 4.98 Å². The van der Waals surface area contributed by atoms with Crippen molar-refractivity contribution >= 4 is 0 Å². The molecule has 1 heterocycles. The molecule has 27 heavy (non-hydrogen) atoms. The van der Waals surface area contributed by atoms with Gasteiger partial charge in [0.25, 0.3) is 0 Å². The Kier molecular flexibility index (Phi) is 4.67. The largest absolute Gasteiger partial charge is 0.416 e. The third-order valence-corrected chi connectivity index (χ3v) is 3.92. The van der Waals surface area contributed by atoms with Gasteiger partial charge in [0, 0.05) is 17.8 Å². The molecular formula is C19H10F7N. The summed E-state index contributed by atoms with van der Waals surface area (Å²) in [6, 6.07) is 9.21. The lowest BCUT2D eigenvalue weighted by molar-refractivity contribution is -0.138. The van der Waals surface area contributed by atoms with Crippen LogP contribution < -0.4 is 0 Å². The molecule has 3 aromatic rings. The monoisotopic (exact) mass is 385 g/mol. The molecule has 0 saturated heterocycles. The first kappa shape index (κ1) is 18.9. The van der Waals surface area contributed by atoms with Crippen LogP contribution in [0.5, 0.6) is 0 Å². The first-order valence-electron chi connectivity index (χ1n) is 7.56. The molecule has 0 radical (unpaired) electrons. The summed E-state index contributed by atoms with van der Waals surface area (Å²) >= 11 is 0. The molecule has 0 N–H and O–H groups in total. The topological polar surface area (TPSA) is 12.9 Å². The fourth-order valence-corrected chi connectivity index (χ4v) is 2.58. The second-order valence-corrected chi connectivity index (χ2v) is 5.70. The number of alkyl halides is 6. The molecule has 0 aliphatic heterocycles. The summed E-state index contributed by atoms with van der Waals surface area (Å²) in [7, 11) is 0. The van der Waals surface area contributed by atoms with Crippen LogP contribution >= 0.6 is 0 Å². The summed E-state index contributed by atoms with van der Waals surface area (Å²) in [5.74, 6) is -0.861. The van der Waals surface area contributed by atoms with Crippen LogP contribution in [0.2, 0.25) is 0 Å². The van der Waals surface area contributed by atoms with Gasteiger partial charge in [-0.1, -0.05) is 24.3 Å². The van der Waals surface area contributed by atoms with E-state index in [0.717, 1.165) is 36.5 Å². The Labute approximate surface area is 149 Å². The third-order valence-electron chi connectivity index (χ3n) is 3.92. The van der Waals surface area contributed by atoms with Crippen molar-refractivity contribution in [2.45, 2.75) is 12.4 Å². The molecular weight excluding hydrogens is 375 g/mol.